The van der Waals surface area contributed by atoms with Crippen molar-refractivity contribution in [1.29, 1.82) is 0 Å². The van der Waals surface area contributed by atoms with Crippen molar-refractivity contribution in [1.82, 2.24) is 10.3 Å². The first-order valence-corrected chi connectivity index (χ1v) is 5.95. The molecule has 2 aromatic rings. The summed E-state index contributed by atoms with van der Waals surface area (Å²) in [4.78, 5) is 15.6. The predicted octanol–water partition coefficient (Wildman–Crippen LogP) is 1.88. The number of rotatable bonds is 5. The van der Waals surface area contributed by atoms with Gasteiger partial charge in [-0.1, -0.05) is 30.3 Å². The van der Waals surface area contributed by atoms with Crippen molar-refractivity contribution in [2.45, 2.75) is 19.8 Å². The zero-order valence-corrected chi connectivity index (χ0v) is 10.3. The summed E-state index contributed by atoms with van der Waals surface area (Å²) in [5.74, 6) is 0.595. The largest absolute Gasteiger partial charge is 0.448 e. The third kappa shape index (κ3) is 3.45. The second-order valence-corrected chi connectivity index (χ2v) is 4.12. The summed E-state index contributed by atoms with van der Waals surface area (Å²) in [5, 5.41) is 2.87. The van der Waals surface area contributed by atoms with E-state index in [0.717, 1.165) is 12.1 Å². The van der Waals surface area contributed by atoms with Gasteiger partial charge in [0.2, 0.25) is 5.91 Å². The third-order valence-electron chi connectivity index (χ3n) is 2.74. The maximum atomic E-state index is 11.7. The van der Waals surface area contributed by atoms with E-state index in [0.29, 0.717) is 12.3 Å². The fraction of sp³-hybridized carbons (Fsp3) is 0.286. The smallest absolute Gasteiger partial charge is 0.227 e. The zero-order valence-electron chi connectivity index (χ0n) is 10.3. The van der Waals surface area contributed by atoms with Crippen LogP contribution in [0.25, 0.3) is 0 Å². The molecule has 1 amide bonds. The Kier molecular flexibility index (Phi) is 4.12. The minimum Gasteiger partial charge on any atom is -0.448 e. The number of carbonyl (C=O) groups is 1. The molecule has 0 saturated carbocycles. The zero-order chi connectivity index (χ0) is 12.8. The van der Waals surface area contributed by atoms with E-state index in [-0.39, 0.29) is 12.3 Å². The molecule has 0 fully saturated rings. The number of benzene rings is 1. The van der Waals surface area contributed by atoms with E-state index in [1.807, 2.05) is 37.3 Å². The molecule has 1 aromatic carbocycles. The Morgan fingerprint density at radius 2 is 2.11 bits per heavy atom. The lowest BCUT2D eigenvalue weighted by atomic mass is 10.1. The quantitative estimate of drug-likeness (QED) is 0.873. The van der Waals surface area contributed by atoms with Gasteiger partial charge in [-0.2, -0.15) is 0 Å². The maximum absolute atomic E-state index is 11.7. The molecule has 0 saturated heterocycles. The Morgan fingerprint density at radius 1 is 1.33 bits per heavy atom. The highest BCUT2D eigenvalue weighted by Crippen LogP contribution is 2.05. The Labute approximate surface area is 106 Å². The van der Waals surface area contributed by atoms with E-state index >= 15 is 0 Å². The van der Waals surface area contributed by atoms with Crippen LogP contribution in [0.15, 0.2) is 41.1 Å². The lowest BCUT2D eigenvalue weighted by Gasteiger charge is -2.04. The first-order valence-electron chi connectivity index (χ1n) is 5.95. The van der Waals surface area contributed by atoms with Crippen LogP contribution in [0.2, 0.25) is 0 Å². The second kappa shape index (κ2) is 6.00. The summed E-state index contributed by atoms with van der Waals surface area (Å²) in [6, 6.07) is 10.1. The molecule has 1 heterocycles. The van der Waals surface area contributed by atoms with E-state index < -0.39 is 0 Å². The molecule has 0 atom stereocenters. The molecule has 4 nitrogen and oxygen atoms in total. The van der Waals surface area contributed by atoms with Gasteiger partial charge in [0, 0.05) is 6.54 Å². The normalized spacial score (nSPS) is 10.3. The molecule has 94 valence electrons. The highest BCUT2D eigenvalue weighted by Gasteiger charge is 2.09. The summed E-state index contributed by atoms with van der Waals surface area (Å²) < 4.78 is 5.13. The van der Waals surface area contributed by atoms with Crippen LogP contribution in [0.3, 0.4) is 0 Å². The molecule has 0 bridgehead atoms. The highest BCUT2D eigenvalue weighted by atomic mass is 16.3. The van der Waals surface area contributed by atoms with Crippen molar-refractivity contribution in [2.24, 2.45) is 0 Å². The van der Waals surface area contributed by atoms with Crippen LogP contribution in [0.5, 0.6) is 0 Å². The lowest BCUT2D eigenvalue weighted by molar-refractivity contribution is -0.120. The number of hydrogen-bond donors (Lipinski definition) is 1. The van der Waals surface area contributed by atoms with Gasteiger partial charge in [-0.05, 0) is 18.9 Å². The van der Waals surface area contributed by atoms with Gasteiger partial charge in [-0.15, -0.1) is 0 Å². The fourth-order valence-corrected chi connectivity index (χ4v) is 1.70. The van der Waals surface area contributed by atoms with Crippen molar-refractivity contribution in [3.8, 4) is 0 Å². The standard InChI is InChI=1S/C14H16N2O2/c1-11-13(18-10-16-11)9-14(17)15-8-7-12-5-3-2-4-6-12/h2-6,10H,7-9H2,1H3,(H,15,17). The van der Waals surface area contributed by atoms with E-state index in [1.165, 1.54) is 12.0 Å². The Balaban J connectivity index is 1.74. The van der Waals surface area contributed by atoms with Crippen LogP contribution >= 0.6 is 0 Å². The van der Waals surface area contributed by atoms with Crippen LogP contribution in [-0.4, -0.2) is 17.4 Å². The number of carbonyl (C=O) groups excluding carboxylic acids is 1. The third-order valence-corrected chi connectivity index (χ3v) is 2.74. The summed E-state index contributed by atoms with van der Waals surface area (Å²) in [6.45, 7) is 2.46. The first-order chi connectivity index (χ1) is 8.75. The molecule has 1 N–H and O–H groups in total. The molecule has 18 heavy (non-hydrogen) atoms. The van der Waals surface area contributed by atoms with Gasteiger partial charge in [-0.25, -0.2) is 4.98 Å². The molecule has 1 aromatic heterocycles. The van der Waals surface area contributed by atoms with Crippen molar-refractivity contribution in [3.63, 3.8) is 0 Å². The topological polar surface area (TPSA) is 55.1 Å². The van der Waals surface area contributed by atoms with Crippen molar-refractivity contribution >= 4 is 5.91 Å². The minimum absolute atomic E-state index is 0.0363. The Morgan fingerprint density at radius 3 is 2.78 bits per heavy atom. The van der Waals surface area contributed by atoms with Gasteiger partial charge in [0.25, 0.3) is 0 Å². The van der Waals surface area contributed by atoms with E-state index in [1.54, 1.807) is 0 Å². The number of nitrogens with zero attached hydrogens (tertiary/aromatic N) is 1. The molecule has 0 unspecified atom stereocenters. The fourth-order valence-electron chi connectivity index (χ4n) is 1.70. The second-order valence-electron chi connectivity index (χ2n) is 4.12. The van der Waals surface area contributed by atoms with E-state index in [2.05, 4.69) is 10.3 Å². The molecule has 2 rings (SSSR count). The average Bonchev–Trinajstić information content (AvgIpc) is 2.76. The summed E-state index contributed by atoms with van der Waals surface area (Å²) >= 11 is 0. The van der Waals surface area contributed by atoms with Crippen LogP contribution in [0, 0.1) is 6.92 Å². The Hall–Kier alpha value is -2.10. The monoisotopic (exact) mass is 244 g/mol. The van der Waals surface area contributed by atoms with Gasteiger partial charge < -0.3 is 9.73 Å². The molecule has 0 radical (unpaired) electrons. The molecule has 0 aliphatic rings. The van der Waals surface area contributed by atoms with Crippen LogP contribution < -0.4 is 5.32 Å². The number of nitrogens with one attached hydrogen (secondary N) is 1. The number of hydrogen-bond acceptors (Lipinski definition) is 3. The molecule has 0 aliphatic carbocycles. The number of oxazole rings is 1. The van der Waals surface area contributed by atoms with Crippen molar-refractivity contribution in [3.05, 3.63) is 53.7 Å². The number of amides is 1. The lowest BCUT2D eigenvalue weighted by Crippen LogP contribution is -2.27. The first kappa shape index (κ1) is 12.4. The summed E-state index contributed by atoms with van der Waals surface area (Å²) in [5.41, 5.74) is 1.99. The molecular weight excluding hydrogens is 228 g/mol. The maximum Gasteiger partial charge on any atom is 0.227 e. The van der Waals surface area contributed by atoms with E-state index in [9.17, 15) is 4.79 Å². The average molecular weight is 244 g/mol. The van der Waals surface area contributed by atoms with Gasteiger partial charge >= 0.3 is 0 Å². The number of aromatic nitrogens is 1. The van der Waals surface area contributed by atoms with Crippen LogP contribution in [-0.2, 0) is 17.6 Å². The molecule has 4 heteroatoms. The van der Waals surface area contributed by atoms with E-state index in [4.69, 9.17) is 4.42 Å². The minimum atomic E-state index is -0.0363. The molecular formula is C14H16N2O2. The predicted molar refractivity (Wildman–Crippen MR) is 68.1 cm³/mol. The van der Waals surface area contributed by atoms with Crippen LogP contribution in [0.1, 0.15) is 17.0 Å². The number of aryl methyl sites for hydroxylation is 1. The van der Waals surface area contributed by atoms with Crippen molar-refractivity contribution in [2.75, 3.05) is 6.54 Å². The van der Waals surface area contributed by atoms with Gasteiger partial charge in [-0.3, -0.25) is 4.79 Å². The van der Waals surface area contributed by atoms with Gasteiger partial charge in [0.1, 0.15) is 5.76 Å². The summed E-state index contributed by atoms with van der Waals surface area (Å²) in [7, 11) is 0. The molecule has 0 spiro atoms. The Bertz CT molecular complexity index is 506. The van der Waals surface area contributed by atoms with Gasteiger partial charge in [0.15, 0.2) is 6.39 Å². The van der Waals surface area contributed by atoms with Crippen LogP contribution in [0.4, 0.5) is 0 Å². The SMILES string of the molecule is Cc1ncoc1CC(=O)NCCc1ccccc1. The van der Waals surface area contributed by atoms with Gasteiger partial charge in [0.05, 0.1) is 12.1 Å². The highest BCUT2D eigenvalue weighted by molar-refractivity contribution is 5.78. The van der Waals surface area contributed by atoms with Crippen molar-refractivity contribution < 1.29 is 9.21 Å². The summed E-state index contributed by atoms with van der Waals surface area (Å²) in [6.07, 6.45) is 2.45. The molecule has 0 aliphatic heterocycles.